The van der Waals surface area contributed by atoms with Crippen LogP contribution >= 0.6 is 11.6 Å². The molecule has 0 aliphatic carbocycles. The average Bonchev–Trinajstić information content (AvgIpc) is 2.38. The lowest BCUT2D eigenvalue weighted by molar-refractivity contribution is 0.0696. The molecule has 19 heavy (non-hydrogen) atoms. The SMILES string of the molecule is N#Cc1cc(-c2cc(O)cc(C(=O)O)c2)ccc1Cl. The summed E-state index contributed by atoms with van der Waals surface area (Å²) in [5, 5.41) is 27.7. The average molecular weight is 274 g/mol. The molecule has 94 valence electrons. The number of phenolic OH excluding ortho intramolecular Hbond substituents is 1. The molecule has 2 aromatic rings. The smallest absolute Gasteiger partial charge is 0.335 e. The number of phenols is 1. The molecule has 0 saturated carbocycles. The summed E-state index contributed by atoms with van der Waals surface area (Å²) < 4.78 is 0. The number of hydrogen-bond acceptors (Lipinski definition) is 3. The lowest BCUT2D eigenvalue weighted by Crippen LogP contribution is -1.96. The minimum absolute atomic E-state index is 0.0246. The number of benzene rings is 2. The highest BCUT2D eigenvalue weighted by Gasteiger charge is 2.09. The van der Waals surface area contributed by atoms with Gasteiger partial charge >= 0.3 is 5.97 Å². The zero-order valence-electron chi connectivity index (χ0n) is 9.59. The van der Waals surface area contributed by atoms with Crippen LogP contribution in [-0.2, 0) is 0 Å². The fraction of sp³-hybridized carbons (Fsp3) is 0. The Bertz CT molecular complexity index is 704. The van der Waals surface area contributed by atoms with E-state index in [1.807, 2.05) is 6.07 Å². The first-order valence-electron chi connectivity index (χ1n) is 5.28. The van der Waals surface area contributed by atoms with E-state index in [1.165, 1.54) is 12.1 Å². The van der Waals surface area contributed by atoms with E-state index in [2.05, 4.69) is 0 Å². The molecule has 0 unspecified atom stereocenters. The van der Waals surface area contributed by atoms with Crippen molar-refractivity contribution in [1.29, 1.82) is 5.26 Å². The highest BCUT2D eigenvalue weighted by atomic mass is 35.5. The van der Waals surface area contributed by atoms with Crippen LogP contribution in [0.25, 0.3) is 11.1 Å². The zero-order valence-corrected chi connectivity index (χ0v) is 10.3. The van der Waals surface area contributed by atoms with Gasteiger partial charge in [0.15, 0.2) is 0 Å². The third-order valence-corrected chi connectivity index (χ3v) is 2.91. The van der Waals surface area contributed by atoms with Crippen LogP contribution in [0.15, 0.2) is 36.4 Å². The monoisotopic (exact) mass is 273 g/mol. The molecule has 0 aliphatic rings. The fourth-order valence-corrected chi connectivity index (χ4v) is 1.85. The summed E-state index contributed by atoms with van der Waals surface area (Å²) in [5.74, 6) is -1.28. The van der Waals surface area contributed by atoms with Crippen molar-refractivity contribution >= 4 is 17.6 Å². The van der Waals surface area contributed by atoms with Crippen molar-refractivity contribution in [3.63, 3.8) is 0 Å². The third kappa shape index (κ3) is 2.67. The second-order valence-corrected chi connectivity index (χ2v) is 4.29. The third-order valence-electron chi connectivity index (χ3n) is 2.58. The number of nitriles is 1. The molecule has 0 atom stereocenters. The van der Waals surface area contributed by atoms with Crippen molar-refractivity contribution in [2.75, 3.05) is 0 Å². The Balaban J connectivity index is 2.59. The van der Waals surface area contributed by atoms with Gasteiger partial charge in [0.1, 0.15) is 11.8 Å². The van der Waals surface area contributed by atoms with Gasteiger partial charge in [0, 0.05) is 0 Å². The van der Waals surface area contributed by atoms with E-state index in [1.54, 1.807) is 18.2 Å². The summed E-state index contributed by atoms with van der Waals surface area (Å²) in [6.45, 7) is 0. The van der Waals surface area contributed by atoms with Gasteiger partial charge < -0.3 is 10.2 Å². The second-order valence-electron chi connectivity index (χ2n) is 3.88. The molecule has 0 fully saturated rings. The van der Waals surface area contributed by atoms with E-state index < -0.39 is 5.97 Å². The van der Waals surface area contributed by atoms with Gasteiger partial charge in [0.2, 0.25) is 0 Å². The van der Waals surface area contributed by atoms with Gasteiger partial charge in [-0.25, -0.2) is 4.79 Å². The van der Waals surface area contributed by atoms with Gasteiger partial charge in [-0.1, -0.05) is 17.7 Å². The number of aromatic carboxylic acids is 1. The molecule has 0 saturated heterocycles. The van der Waals surface area contributed by atoms with Crippen LogP contribution in [0.2, 0.25) is 5.02 Å². The molecule has 0 aliphatic heterocycles. The molecule has 0 heterocycles. The first kappa shape index (κ1) is 12.9. The Hall–Kier alpha value is -2.51. The first-order chi connectivity index (χ1) is 9.01. The van der Waals surface area contributed by atoms with Crippen molar-refractivity contribution < 1.29 is 15.0 Å². The molecule has 0 aromatic heterocycles. The summed E-state index contributed by atoms with van der Waals surface area (Å²) in [7, 11) is 0. The number of carboxylic acids is 1. The maximum Gasteiger partial charge on any atom is 0.335 e. The molecule has 4 nitrogen and oxygen atoms in total. The highest BCUT2D eigenvalue weighted by Crippen LogP contribution is 2.28. The van der Waals surface area contributed by atoms with Crippen molar-refractivity contribution in [1.82, 2.24) is 0 Å². The number of aromatic hydroxyl groups is 1. The molecule has 2 N–H and O–H groups in total. The van der Waals surface area contributed by atoms with Crippen molar-refractivity contribution in [3.8, 4) is 22.9 Å². The minimum Gasteiger partial charge on any atom is -0.508 e. The first-order valence-corrected chi connectivity index (χ1v) is 5.66. The molecular weight excluding hydrogens is 266 g/mol. The number of halogens is 1. The lowest BCUT2D eigenvalue weighted by atomic mass is 10.0. The van der Waals surface area contributed by atoms with Gasteiger partial charge in [-0.3, -0.25) is 0 Å². The normalized spacial score (nSPS) is 9.89. The highest BCUT2D eigenvalue weighted by molar-refractivity contribution is 6.31. The van der Waals surface area contributed by atoms with E-state index in [0.717, 1.165) is 6.07 Å². The van der Waals surface area contributed by atoms with Crippen LogP contribution < -0.4 is 0 Å². The Morgan fingerprint density at radius 2 is 1.89 bits per heavy atom. The summed E-state index contributed by atoms with van der Waals surface area (Å²) >= 11 is 5.83. The number of nitrogens with zero attached hydrogens (tertiary/aromatic N) is 1. The van der Waals surface area contributed by atoms with Crippen LogP contribution in [0.4, 0.5) is 0 Å². The summed E-state index contributed by atoms with van der Waals surface area (Å²) in [6, 6.07) is 10.7. The molecule has 2 aromatic carbocycles. The maximum atomic E-state index is 10.9. The van der Waals surface area contributed by atoms with E-state index >= 15 is 0 Å². The van der Waals surface area contributed by atoms with Crippen molar-refractivity contribution in [2.24, 2.45) is 0 Å². The topological polar surface area (TPSA) is 81.3 Å². The minimum atomic E-state index is -1.13. The van der Waals surface area contributed by atoms with Crippen LogP contribution in [0.3, 0.4) is 0 Å². The largest absolute Gasteiger partial charge is 0.508 e. The van der Waals surface area contributed by atoms with E-state index in [9.17, 15) is 9.90 Å². The van der Waals surface area contributed by atoms with E-state index in [0.29, 0.717) is 21.7 Å². The van der Waals surface area contributed by atoms with E-state index in [4.69, 9.17) is 22.0 Å². The lowest BCUT2D eigenvalue weighted by Gasteiger charge is -2.06. The quantitative estimate of drug-likeness (QED) is 0.880. The van der Waals surface area contributed by atoms with Crippen molar-refractivity contribution in [3.05, 3.63) is 52.5 Å². The molecule has 0 radical (unpaired) electrons. The molecule has 5 heteroatoms. The zero-order chi connectivity index (χ0) is 14.0. The maximum absolute atomic E-state index is 10.9. The number of hydrogen-bond donors (Lipinski definition) is 2. The standard InChI is InChI=1S/C14H8ClNO3/c15-13-2-1-8(3-11(13)7-16)9-4-10(14(18)19)6-12(17)5-9/h1-6,17H,(H,18,19). The Morgan fingerprint density at radius 1 is 1.16 bits per heavy atom. The van der Waals surface area contributed by atoms with Gasteiger partial charge in [-0.2, -0.15) is 5.26 Å². The number of carboxylic acid groups (broad SMARTS) is 1. The molecule has 0 spiro atoms. The van der Waals surface area contributed by atoms with Crippen LogP contribution in [0.5, 0.6) is 5.75 Å². The number of rotatable bonds is 2. The molecule has 0 amide bonds. The fourth-order valence-electron chi connectivity index (χ4n) is 1.69. The summed E-state index contributed by atoms with van der Waals surface area (Å²) in [5.41, 5.74) is 1.38. The van der Waals surface area contributed by atoms with E-state index in [-0.39, 0.29) is 11.3 Å². The van der Waals surface area contributed by atoms with Crippen LogP contribution in [-0.4, -0.2) is 16.2 Å². The van der Waals surface area contributed by atoms with Crippen LogP contribution in [0, 0.1) is 11.3 Å². The van der Waals surface area contributed by atoms with Gasteiger partial charge in [0.05, 0.1) is 16.1 Å². The second kappa shape index (κ2) is 5.01. The Kier molecular flexibility index (Phi) is 3.41. The molecule has 0 bridgehead atoms. The molecule has 2 rings (SSSR count). The van der Waals surface area contributed by atoms with Gasteiger partial charge in [-0.05, 0) is 41.5 Å². The summed E-state index contributed by atoms with van der Waals surface area (Å²) in [6.07, 6.45) is 0. The predicted molar refractivity (Wildman–Crippen MR) is 70.2 cm³/mol. The number of carbonyl (C=O) groups is 1. The van der Waals surface area contributed by atoms with Crippen molar-refractivity contribution in [2.45, 2.75) is 0 Å². The van der Waals surface area contributed by atoms with Gasteiger partial charge in [-0.15, -0.1) is 0 Å². The predicted octanol–water partition coefficient (Wildman–Crippen LogP) is 3.28. The summed E-state index contributed by atoms with van der Waals surface area (Å²) in [4.78, 5) is 10.9. The Labute approximate surface area is 114 Å². The Morgan fingerprint density at radius 3 is 2.53 bits per heavy atom. The van der Waals surface area contributed by atoms with Crippen LogP contribution in [0.1, 0.15) is 15.9 Å². The molecular formula is C14H8ClNO3. The van der Waals surface area contributed by atoms with Gasteiger partial charge in [0.25, 0.3) is 0 Å².